The minimum atomic E-state index is -5.04. The molecule has 0 aromatic heterocycles. The Bertz CT molecular complexity index is 1310. The predicted molar refractivity (Wildman–Crippen MR) is 230 cm³/mol. The Morgan fingerprint density at radius 3 is 1.58 bits per heavy atom. The minimum absolute atomic E-state index is 0.0893. The molecule has 1 fully saturated rings. The zero-order chi connectivity index (χ0) is 43.4. The third-order valence-corrected chi connectivity index (χ3v) is 10.3. The van der Waals surface area contributed by atoms with Crippen LogP contribution in [0.4, 0.5) is 0 Å². The molecule has 59 heavy (non-hydrogen) atoms. The smallest absolute Gasteiger partial charge is 0.462 e. The van der Waals surface area contributed by atoms with Crippen LogP contribution in [0, 0.1) is 0 Å². The second-order valence-electron chi connectivity index (χ2n) is 14.6. The molecule has 13 nitrogen and oxygen atoms in total. The lowest BCUT2D eigenvalue weighted by atomic mass is 10.00. The van der Waals surface area contributed by atoms with Crippen LogP contribution in [0.1, 0.15) is 142 Å². The summed E-state index contributed by atoms with van der Waals surface area (Å²) >= 11 is 0. The van der Waals surface area contributed by atoms with Crippen LogP contribution in [-0.4, -0.2) is 93.9 Å². The number of carbonyl (C=O) groups is 2. The monoisotopic (exact) mass is 854 g/mol. The topological polar surface area (TPSA) is 199 Å². The van der Waals surface area contributed by atoms with E-state index in [1.807, 2.05) is 0 Å². The molecule has 0 spiro atoms. The molecule has 14 heteroatoms. The van der Waals surface area contributed by atoms with Gasteiger partial charge in [-0.25, -0.2) is 4.57 Å². The first kappa shape index (κ1) is 54.3. The fourth-order valence-electron chi connectivity index (χ4n) is 5.89. The molecule has 0 aromatic rings. The van der Waals surface area contributed by atoms with Gasteiger partial charge < -0.3 is 39.5 Å². The van der Waals surface area contributed by atoms with Crippen LogP contribution in [-0.2, 0) is 37.4 Å². The Labute approximate surface area is 353 Å². The van der Waals surface area contributed by atoms with Crippen molar-refractivity contribution >= 4 is 19.8 Å². The number of phosphoric ester groups is 1. The molecule has 1 aliphatic heterocycles. The van der Waals surface area contributed by atoms with Gasteiger partial charge in [-0.1, -0.05) is 125 Å². The van der Waals surface area contributed by atoms with Crippen LogP contribution >= 0.6 is 7.82 Å². The number of unbranched alkanes of at least 4 members (excludes halogenated alkanes) is 10. The molecule has 1 rings (SSSR count). The van der Waals surface area contributed by atoms with Gasteiger partial charge in [0.15, 0.2) is 12.4 Å². The zero-order valence-electron chi connectivity index (χ0n) is 35.6. The Kier molecular flexibility index (Phi) is 33.1. The van der Waals surface area contributed by atoms with Crippen LogP contribution < -0.4 is 0 Å². The van der Waals surface area contributed by atoms with Gasteiger partial charge in [-0.3, -0.25) is 18.6 Å². The molecule has 0 saturated carbocycles. The van der Waals surface area contributed by atoms with Gasteiger partial charge in [-0.05, 0) is 77.0 Å². The maximum atomic E-state index is 12.8. The van der Waals surface area contributed by atoms with Crippen LogP contribution in [0.15, 0.2) is 72.9 Å². The molecule has 0 amide bonds. The lowest BCUT2D eigenvalue weighted by Crippen LogP contribution is -2.58. The maximum absolute atomic E-state index is 12.8. The molecule has 0 bridgehead atoms. The summed E-state index contributed by atoms with van der Waals surface area (Å²) in [5.74, 6) is -1.10. The van der Waals surface area contributed by atoms with Crippen LogP contribution in [0.25, 0.3) is 0 Å². The lowest BCUT2D eigenvalue weighted by molar-refractivity contribution is -0.281. The van der Waals surface area contributed by atoms with E-state index < -0.39 is 76.4 Å². The quantitative estimate of drug-likeness (QED) is 0.0176. The van der Waals surface area contributed by atoms with E-state index in [-0.39, 0.29) is 12.8 Å². The number of aliphatic hydroxyl groups excluding tert-OH is 4. The number of aliphatic hydroxyl groups is 4. The number of esters is 2. The Morgan fingerprint density at radius 2 is 1.07 bits per heavy atom. The van der Waals surface area contributed by atoms with Crippen molar-refractivity contribution in [1.29, 1.82) is 0 Å². The van der Waals surface area contributed by atoms with Gasteiger partial charge in [0.25, 0.3) is 0 Å². The first-order valence-electron chi connectivity index (χ1n) is 21.8. The highest BCUT2D eigenvalue weighted by molar-refractivity contribution is 7.47. The van der Waals surface area contributed by atoms with E-state index in [2.05, 4.69) is 86.8 Å². The van der Waals surface area contributed by atoms with E-state index in [1.165, 1.54) is 0 Å². The molecule has 338 valence electrons. The van der Waals surface area contributed by atoms with Gasteiger partial charge in [-0.2, -0.15) is 0 Å². The third-order valence-electron chi connectivity index (χ3n) is 9.30. The van der Waals surface area contributed by atoms with E-state index in [0.717, 1.165) is 103 Å². The normalized spacial score (nSPS) is 21.8. The highest BCUT2D eigenvalue weighted by Crippen LogP contribution is 2.46. The number of hydrogen-bond acceptors (Lipinski definition) is 12. The molecule has 0 aromatic carbocycles. The number of carbonyl (C=O) groups excluding carboxylic acids is 2. The van der Waals surface area contributed by atoms with E-state index in [0.29, 0.717) is 12.8 Å². The average molecular weight is 855 g/mol. The van der Waals surface area contributed by atoms with Gasteiger partial charge in [0.1, 0.15) is 31.0 Å². The molecule has 0 aliphatic carbocycles. The zero-order valence-corrected chi connectivity index (χ0v) is 36.5. The molecule has 5 N–H and O–H groups in total. The first-order valence-corrected chi connectivity index (χ1v) is 23.2. The van der Waals surface area contributed by atoms with E-state index in [4.69, 9.17) is 23.3 Å². The number of hydrogen-bond donors (Lipinski definition) is 5. The summed E-state index contributed by atoms with van der Waals surface area (Å²) < 4.78 is 38.7. The second-order valence-corrected chi connectivity index (χ2v) is 16.0. The van der Waals surface area contributed by atoms with Gasteiger partial charge in [0.2, 0.25) is 0 Å². The van der Waals surface area contributed by atoms with Crippen molar-refractivity contribution in [1.82, 2.24) is 0 Å². The summed E-state index contributed by atoms with van der Waals surface area (Å²) in [7, 11) is -5.04. The molecule has 1 aliphatic rings. The number of phosphoric acid groups is 1. The molecular formula is C45H75O13P. The Hall–Kier alpha value is -2.71. The lowest BCUT2D eigenvalue weighted by Gasteiger charge is -2.39. The highest BCUT2D eigenvalue weighted by atomic mass is 31.2. The molecule has 1 saturated heterocycles. The van der Waals surface area contributed by atoms with Crippen molar-refractivity contribution in [3.05, 3.63) is 72.9 Å². The first-order chi connectivity index (χ1) is 28.5. The summed E-state index contributed by atoms with van der Waals surface area (Å²) in [5, 5.41) is 39.6. The molecule has 7 atom stereocenters. The minimum Gasteiger partial charge on any atom is -0.462 e. The number of allylic oxidation sites excluding steroid dienone is 12. The van der Waals surface area contributed by atoms with Crippen molar-refractivity contribution in [2.45, 2.75) is 179 Å². The van der Waals surface area contributed by atoms with Gasteiger partial charge in [-0.15, -0.1) is 0 Å². The van der Waals surface area contributed by atoms with Crippen molar-refractivity contribution in [2.24, 2.45) is 0 Å². The van der Waals surface area contributed by atoms with Crippen molar-refractivity contribution in [3.63, 3.8) is 0 Å². The largest absolute Gasteiger partial charge is 0.474 e. The summed E-state index contributed by atoms with van der Waals surface area (Å²) in [4.78, 5) is 35.6. The highest BCUT2D eigenvalue weighted by Gasteiger charge is 2.47. The van der Waals surface area contributed by atoms with Crippen LogP contribution in [0.5, 0.6) is 0 Å². The molecule has 1 heterocycles. The second kappa shape index (κ2) is 36.0. The van der Waals surface area contributed by atoms with Crippen LogP contribution in [0.2, 0.25) is 0 Å². The van der Waals surface area contributed by atoms with Gasteiger partial charge in [0, 0.05) is 12.8 Å². The van der Waals surface area contributed by atoms with Crippen molar-refractivity contribution in [3.8, 4) is 0 Å². The van der Waals surface area contributed by atoms with Gasteiger partial charge in [0.05, 0.1) is 13.2 Å². The average Bonchev–Trinajstić information content (AvgIpc) is 3.21. The summed E-state index contributed by atoms with van der Waals surface area (Å²) in [5.41, 5.74) is 0. The SMILES string of the molecule is CC/C=C\C/C=C\C/C=C\CCCCCCCC(=O)OC[C@H](COP(=O)(O)OC1OC(CO)C(O)C(O)C1O)OC(=O)CCCCCCC/C=C\C/C=C\C/C=C\CC. The maximum Gasteiger partial charge on any atom is 0.474 e. The summed E-state index contributed by atoms with van der Waals surface area (Å²) in [6.45, 7) is 2.33. The fraction of sp³-hybridized carbons (Fsp3) is 0.689. The third kappa shape index (κ3) is 29.2. The standard InChI is InChI=1S/C45H75O13P/c1-3-5-7-9-11-13-15-17-19-21-23-25-27-29-31-33-40(47)54-36-38(37-55-59(52,53)58-45-44(51)43(50)42(49)39(35-46)57-45)56-41(48)34-32-30-28-26-24-22-20-18-16-14-12-10-8-6-4-2/h5-8,11-14,17-20,38-39,42-46,49-51H,3-4,9-10,15-16,21-37H2,1-2H3,(H,52,53)/b7-5-,8-6-,13-11-,14-12-,19-17-,20-18-/t38-,39?,42?,43?,44?,45?/m1/s1. The Morgan fingerprint density at radius 1 is 0.610 bits per heavy atom. The number of rotatable bonds is 35. The van der Waals surface area contributed by atoms with Crippen LogP contribution in [0.3, 0.4) is 0 Å². The van der Waals surface area contributed by atoms with E-state index >= 15 is 0 Å². The Balaban J connectivity index is 2.50. The predicted octanol–water partition coefficient (Wildman–Crippen LogP) is 8.55. The molecular weight excluding hydrogens is 779 g/mol. The molecule has 0 radical (unpaired) electrons. The van der Waals surface area contributed by atoms with E-state index in [1.54, 1.807) is 0 Å². The van der Waals surface area contributed by atoms with Crippen molar-refractivity contribution < 1.29 is 62.7 Å². The van der Waals surface area contributed by atoms with E-state index in [9.17, 15) is 39.5 Å². The van der Waals surface area contributed by atoms with Crippen molar-refractivity contribution in [2.75, 3.05) is 19.8 Å². The fourth-order valence-corrected chi connectivity index (χ4v) is 6.74. The summed E-state index contributed by atoms with van der Waals surface area (Å²) in [6, 6.07) is 0. The summed E-state index contributed by atoms with van der Waals surface area (Å²) in [6.07, 6.45) is 33.1. The van der Waals surface area contributed by atoms with Gasteiger partial charge >= 0.3 is 19.8 Å². The number of ether oxygens (including phenoxy) is 3. The molecule has 6 unspecified atom stereocenters.